The van der Waals surface area contributed by atoms with Gasteiger partial charge in [0.15, 0.2) is 0 Å². The summed E-state index contributed by atoms with van der Waals surface area (Å²) in [5.74, 6) is -2.28. The molecule has 3 N–H and O–H groups in total. The number of carbonyl (C=O) groups is 2. The van der Waals surface area contributed by atoms with E-state index in [9.17, 15) is 18.4 Å². The van der Waals surface area contributed by atoms with Crippen molar-refractivity contribution < 1.29 is 18.4 Å². The van der Waals surface area contributed by atoms with Crippen molar-refractivity contribution in [3.63, 3.8) is 0 Å². The Morgan fingerprint density at radius 2 is 2.08 bits per heavy atom. The van der Waals surface area contributed by atoms with Gasteiger partial charge in [-0.05, 0) is 37.4 Å². The lowest BCUT2D eigenvalue weighted by Gasteiger charge is -2.22. The van der Waals surface area contributed by atoms with Crippen molar-refractivity contribution in [2.24, 2.45) is 17.6 Å². The second-order valence-electron chi connectivity index (χ2n) is 6.54. The van der Waals surface area contributed by atoms with E-state index >= 15 is 0 Å². The Morgan fingerprint density at radius 3 is 2.76 bits per heavy atom. The quantitative estimate of drug-likeness (QED) is 0.847. The first-order valence-corrected chi connectivity index (χ1v) is 8.25. The van der Waals surface area contributed by atoms with Gasteiger partial charge in [0, 0.05) is 25.1 Å². The minimum atomic E-state index is -0.802. The number of nitrogens with zero attached hydrogens (tertiary/aromatic N) is 1. The predicted octanol–water partition coefficient (Wildman–Crippen LogP) is 1.98. The lowest BCUT2D eigenvalue weighted by atomic mass is 10.0. The van der Waals surface area contributed by atoms with E-state index in [4.69, 9.17) is 5.73 Å². The van der Waals surface area contributed by atoms with Crippen molar-refractivity contribution in [1.82, 2.24) is 5.32 Å². The number of carbonyl (C=O) groups excluding carboxylic acids is 2. The van der Waals surface area contributed by atoms with E-state index in [-0.39, 0.29) is 54.8 Å². The normalized spacial score (nSPS) is 25.8. The number of amides is 2. The highest BCUT2D eigenvalue weighted by molar-refractivity contribution is 6.00. The molecular formula is C17H22ClF2N3O2. The number of hydrogen-bond donors (Lipinski definition) is 2. The molecule has 1 aliphatic heterocycles. The molecule has 0 spiro atoms. The van der Waals surface area contributed by atoms with Crippen molar-refractivity contribution >= 4 is 29.9 Å². The summed E-state index contributed by atoms with van der Waals surface area (Å²) in [5.41, 5.74) is 5.73. The lowest BCUT2D eigenvalue weighted by Crippen LogP contribution is -2.43. The van der Waals surface area contributed by atoms with Gasteiger partial charge in [-0.25, -0.2) is 8.78 Å². The minimum absolute atomic E-state index is 0. The van der Waals surface area contributed by atoms with Crippen LogP contribution in [-0.2, 0) is 9.59 Å². The Bertz CT molecular complexity index is 659. The van der Waals surface area contributed by atoms with Gasteiger partial charge in [0.25, 0.3) is 0 Å². The molecule has 8 heteroatoms. The van der Waals surface area contributed by atoms with Gasteiger partial charge in [-0.1, -0.05) is 6.42 Å². The Balaban J connectivity index is 0.00000225. The summed E-state index contributed by atoms with van der Waals surface area (Å²) in [6.45, 7) is 0.634. The second-order valence-corrected chi connectivity index (χ2v) is 6.54. The van der Waals surface area contributed by atoms with Crippen LogP contribution in [0.15, 0.2) is 18.2 Å². The van der Waals surface area contributed by atoms with Crippen LogP contribution in [0.3, 0.4) is 0 Å². The van der Waals surface area contributed by atoms with E-state index in [0.29, 0.717) is 6.54 Å². The Labute approximate surface area is 151 Å². The molecule has 2 fully saturated rings. The van der Waals surface area contributed by atoms with Crippen molar-refractivity contribution in [3.8, 4) is 0 Å². The minimum Gasteiger partial charge on any atom is -0.353 e. The lowest BCUT2D eigenvalue weighted by molar-refractivity contribution is -0.127. The summed E-state index contributed by atoms with van der Waals surface area (Å²) in [5, 5.41) is 2.99. The zero-order valence-corrected chi connectivity index (χ0v) is 14.5. The first-order chi connectivity index (χ1) is 11.5. The summed E-state index contributed by atoms with van der Waals surface area (Å²) in [6, 6.07) is 3.11. The summed E-state index contributed by atoms with van der Waals surface area (Å²) < 4.78 is 26.9. The van der Waals surface area contributed by atoms with E-state index in [1.807, 2.05) is 0 Å². The molecule has 1 heterocycles. The second kappa shape index (κ2) is 8.10. The fourth-order valence-corrected chi connectivity index (χ4v) is 3.63. The number of nitrogens with two attached hydrogens (primary N) is 1. The number of anilines is 1. The molecule has 2 aliphatic rings. The molecule has 25 heavy (non-hydrogen) atoms. The molecule has 1 aromatic rings. The van der Waals surface area contributed by atoms with E-state index in [2.05, 4.69) is 5.32 Å². The average molecular weight is 374 g/mol. The first kappa shape index (κ1) is 19.6. The molecule has 3 unspecified atom stereocenters. The van der Waals surface area contributed by atoms with Gasteiger partial charge in [0.2, 0.25) is 11.8 Å². The van der Waals surface area contributed by atoms with E-state index in [1.165, 1.54) is 11.0 Å². The Hall–Kier alpha value is -1.73. The van der Waals surface area contributed by atoms with Crippen LogP contribution in [0.1, 0.15) is 25.7 Å². The molecule has 5 nitrogen and oxygen atoms in total. The number of hydrogen-bond acceptors (Lipinski definition) is 3. The van der Waals surface area contributed by atoms with Gasteiger partial charge in [-0.2, -0.15) is 0 Å². The smallest absolute Gasteiger partial charge is 0.227 e. The Morgan fingerprint density at radius 1 is 1.32 bits per heavy atom. The molecule has 3 rings (SSSR count). The van der Waals surface area contributed by atoms with Crippen LogP contribution in [0.5, 0.6) is 0 Å². The molecule has 0 radical (unpaired) electrons. The molecule has 1 saturated carbocycles. The summed E-state index contributed by atoms with van der Waals surface area (Å²) in [6.07, 6.45) is 2.95. The average Bonchev–Trinajstić information content (AvgIpc) is 3.14. The van der Waals surface area contributed by atoms with Crippen LogP contribution in [0, 0.1) is 23.5 Å². The van der Waals surface area contributed by atoms with Crippen molar-refractivity contribution in [3.05, 3.63) is 29.8 Å². The van der Waals surface area contributed by atoms with E-state index < -0.39 is 17.6 Å². The van der Waals surface area contributed by atoms with Crippen LogP contribution in [0.25, 0.3) is 0 Å². The largest absolute Gasteiger partial charge is 0.353 e. The molecule has 3 atom stereocenters. The summed E-state index contributed by atoms with van der Waals surface area (Å²) in [7, 11) is 0. The van der Waals surface area contributed by atoms with Crippen LogP contribution >= 0.6 is 12.4 Å². The van der Waals surface area contributed by atoms with Crippen LogP contribution in [-0.4, -0.2) is 30.9 Å². The van der Waals surface area contributed by atoms with Gasteiger partial charge < -0.3 is 16.0 Å². The predicted molar refractivity (Wildman–Crippen MR) is 92.4 cm³/mol. The van der Waals surface area contributed by atoms with Crippen LogP contribution < -0.4 is 16.0 Å². The molecular weight excluding hydrogens is 352 g/mol. The maximum atomic E-state index is 13.9. The third-order valence-electron chi connectivity index (χ3n) is 4.99. The van der Waals surface area contributed by atoms with Gasteiger partial charge in [-0.15, -0.1) is 12.4 Å². The molecule has 0 aromatic heterocycles. The SMILES string of the molecule is Cl.NCC1CCCC1NC(=O)C1CC(=O)N(c2ccc(F)cc2F)C1. The van der Waals surface area contributed by atoms with E-state index in [1.54, 1.807) is 0 Å². The monoisotopic (exact) mass is 373 g/mol. The first-order valence-electron chi connectivity index (χ1n) is 8.25. The standard InChI is InChI=1S/C17H21F2N3O2.ClH/c18-12-4-5-15(13(19)7-12)22-9-11(6-16(22)23)17(24)21-14-3-1-2-10(14)8-20;/h4-5,7,10-11,14H,1-3,6,8-9,20H2,(H,21,24);1H. The maximum Gasteiger partial charge on any atom is 0.227 e. The molecule has 138 valence electrons. The highest BCUT2D eigenvalue weighted by atomic mass is 35.5. The number of nitrogens with one attached hydrogen (secondary N) is 1. The number of benzene rings is 1. The summed E-state index contributed by atoms with van der Waals surface area (Å²) in [4.78, 5) is 25.8. The molecule has 1 saturated heterocycles. The van der Waals surface area contributed by atoms with Crippen LogP contribution in [0.2, 0.25) is 0 Å². The van der Waals surface area contributed by atoms with Gasteiger partial charge in [0.05, 0.1) is 11.6 Å². The zero-order valence-electron chi connectivity index (χ0n) is 13.7. The zero-order chi connectivity index (χ0) is 17.3. The van der Waals surface area contributed by atoms with E-state index in [0.717, 1.165) is 31.4 Å². The molecule has 2 amide bonds. The molecule has 0 bridgehead atoms. The van der Waals surface area contributed by atoms with Crippen molar-refractivity contribution in [2.75, 3.05) is 18.0 Å². The molecule has 1 aliphatic carbocycles. The number of rotatable bonds is 4. The topological polar surface area (TPSA) is 75.4 Å². The highest BCUT2D eigenvalue weighted by Crippen LogP contribution is 2.29. The van der Waals surface area contributed by atoms with Crippen LogP contribution in [0.4, 0.5) is 14.5 Å². The summed E-state index contributed by atoms with van der Waals surface area (Å²) >= 11 is 0. The fraction of sp³-hybridized carbons (Fsp3) is 0.529. The molecule has 1 aromatic carbocycles. The fourth-order valence-electron chi connectivity index (χ4n) is 3.63. The third-order valence-corrected chi connectivity index (χ3v) is 4.99. The van der Waals surface area contributed by atoms with Gasteiger partial charge >= 0.3 is 0 Å². The van der Waals surface area contributed by atoms with Crippen molar-refractivity contribution in [2.45, 2.75) is 31.7 Å². The van der Waals surface area contributed by atoms with Crippen molar-refractivity contribution in [1.29, 1.82) is 0 Å². The Kier molecular flexibility index (Phi) is 6.35. The highest BCUT2D eigenvalue weighted by Gasteiger charge is 2.38. The van der Waals surface area contributed by atoms with Gasteiger partial charge in [-0.3, -0.25) is 9.59 Å². The number of halogens is 3. The third kappa shape index (κ3) is 4.10. The van der Waals surface area contributed by atoms with Gasteiger partial charge in [0.1, 0.15) is 11.6 Å². The maximum absolute atomic E-state index is 13.9.